The molecule has 4 aromatic carbocycles. The molecule has 64 heavy (non-hydrogen) atoms. The van der Waals surface area contributed by atoms with Crippen molar-refractivity contribution in [3.05, 3.63) is 190 Å². The molecule has 8 bridgehead atoms. The zero-order valence-electron chi connectivity index (χ0n) is 32.5. The van der Waals surface area contributed by atoms with E-state index in [4.69, 9.17) is 15.0 Å². The third-order valence-electron chi connectivity index (χ3n) is 10.6. The number of nitrogens with zero attached hydrogens (tertiary/aromatic N) is 3. The first-order chi connectivity index (χ1) is 30.2. The summed E-state index contributed by atoms with van der Waals surface area (Å²) in [5.74, 6) is 0. The Balaban J connectivity index is 1.33. The maximum Gasteiger partial charge on any atom is 0.294 e. The quantitative estimate of drug-likeness (QED) is 0.118. The Morgan fingerprint density at radius 1 is 0.375 bits per heavy atom. The van der Waals surface area contributed by atoms with Crippen LogP contribution in [0.25, 0.3) is 22.3 Å². The molecule has 0 fully saturated rings. The molecule has 4 aromatic rings. The van der Waals surface area contributed by atoms with Crippen LogP contribution >= 0.6 is 0 Å². The van der Waals surface area contributed by atoms with Gasteiger partial charge in [-0.25, -0.2) is 15.0 Å². The predicted octanol–water partition coefficient (Wildman–Crippen LogP) is 6.54. The minimum Gasteiger partial charge on any atom is -0.358 e. The molecule has 0 radical (unpaired) electrons. The van der Waals surface area contributed by atoms with E-state index < -0.39 is 40.5 Å². The van der Waals surface area contributed by atoms with Crippen molar-refractivity contribution < 1.29 is 51.9 Å². The zero-order chi connectivity index (χ0) is 45.3. The second-order valence-electron chi connectivity index (χ2n) is 14.6. The lowest BCUT2D eigenvalue weighted by molar-refractivity contribution is 0.481. The van der Waals surface area contributed by atoms with E-state index >= 15 is 0 Å². The molecule has 20 heteroatoms. The van der Waals surface area contributed by atoms with Crippen molar-refractivity contribution in [2.24, 2.45) is 15.0 Å². The van der Waals surface area contributed by atoms with E-state index in [1.165, 1.54) is 97.1 Å². The van der Waals surface area contributed by atoms with Crippen LogP contribution in [-0.4, -0.2) is 69.0 Å². The summed E-state index contributed by atoms with van der Waals surface area (Å²) < 4.78 is 135. The van der Waals surface area contributed by atoms with Crippen molar-refractivity contribution in [3.63, 3.8) is 0 Å². The smallest absolute Gasteiger partial charge is 0.294 e. The fraction of sp³-hybridized carbons (Fsp3) is 0.0227. The van der Waals surface area contributed by atoms with Gasteiger partial charge in [0.2, 0.25) is 0 Å². The summed E-state index contributed by atoms with van der Waals surface area (Å²) in [6.45, 7) is 0. The fourth-order valence-electron chi connectivity index (χ4n) is 7.67. The number of nitrogens with one attached hydrogen (secondary N) is 1. The van der Waals surface area contributed by atoms with Crippen LogP contribution in [-0.2, 0) is 40.5 Å². The number of fused-ring (bicyclic) bond motifs is 5. The summed E-state index contributed by atoms with van der Waals surface area (Å²) >= 11 is 0. The average molecular weight is 935 g/mol. The third kappa shape index (κ3) is 8.15. The van der Waals surface area contributed by atoms with Gasteiger partial charge in [0, 0.05) is 40.1 Å². The van der Waals surface area contributed by atoms with E-state index in [1.54, 1.807) is 36.5 Å². The monoisotopic (exact) mass is 934 g/mol. The first-order valence-electron chi connectivity index (χ1n) is 18.8. The molecule has 0 amide bonds. The molecule has 0 aliphatic carbocycles. The van der Waals surface area contributed by atoms with Crippen molar-refractivity contribution in [3.8, 4) is 0 Å². The Morgan fingerprint density at radius 3 is 0.984 bits per heavy atom. The number of benzene rings is 4. The standard InChI is InChI=1S/C44H30N4O12S4/c49-61(50,51)29-9-1-25(2-10-29)41-33-17-19-35(45-33)42(26-3-11-30(12-4-26)62(52,53)54)37-21-23-39(47-37)44(28-7-15-32(16-8-28)64(58,59)60)40-24-22-38(48-40)43(36-20-18-34(41)46-36)27-5-13-31(14-6-27)63(55,56)57/h1-23,48H,24H2,(H,49,50,51)(H,52,53,54)(H,55,56,57)(H,58,59,60). The van der Waals surface area contributed by atoms with Gasteiger partial charge in [-0.15, -0.1) is 0 Å². The Labute approximate surface area is 366 Å². The summed E-state index contributed by atoms with van der Waals surface area (Å²) in [4.78, 5) is 13.8. The molecule has 322 valence electrons. The highest BCUT2D eigenvalue weighted by Gasteiger charge is 2.29. The van der Waals surface area contributed by atoms with Crippen molar-refractivity contribution in [1.29, 1.82) is 0 Å². The number of rotatable bonds is 8. The van der Waals surface area contributed by atoms with E-state index in [9.17, 15) is 51.9 Å². The van der Waals surface area contributed by atoms with Gasteiger partial charge in [0.1, 0.15) is 0 Å². The van der Waals surface area contributed by atoms with Gasteiger partial charge in [0.15, 0.2) is 0 Å². The molecular weight excluding hydrogens is 905 g/mol. The third-order valence-corrected chi connectivity index (χ3v) is 14.1. The summed E-state index contributed by atoms with van der Waals surface area (Å²) in [6, 6.07) is 22.0. The molecule has 0 atom stereocenters. The van der Waals surface area contributed by atoms with Gasteiger partial charge in [0.25, 0.3) is 40.5 Å². The van der Waals surface area contributed by atoms with Crippen molar-refractivity contribution in [1.82, 2.24) is 5.32 Å². The van der Waals surface area contributed by atoms with E-state index in [2.05, 4.69) is 5.32 Å². The van der Waals surface area contributed by atoms with Crippen molar-refractivity contribution in [2.75, 3.05) is 0 Å². The number of aliphatic imine (C=N–C) groups is 3. The van der Waals surface area contributed by atoms with Gasteiger partial charge in [0.05, 0.1) is 53.8 Å². The van der Waals surface area contributed by atoms with Crippen molar-refractivity contribution in [2.45, 2.75) is 26.0 Å². The van der Waals surface area contributed by atoms with E-state index in [-0.39, 0.29) is 26.0 Å². The largest absolute Gasteiger partial charge is 0.358 e. The maximum absolute atomic E-state index is 12.0. The first kappa shape index (κ1) is 42.5. The summed E-state index contributed by atoms with van der Waals surface area (Å²) in [5, 5.41) is 3.49. The Morgan fingerprint density at radius 2 is 0.656 bits per heavy atom. The molecule has 5 N–H and O–H groups in total. The van der Waals surface area contributed by atoms with Gasteiger partial charge >= 0.3 is 0 Å². The van der Waals surface area contributed by atoms with Crippen LogP contribution < -0.4 is 5.32 Å². The van der Waals surface area contributed by atoms with Gasteiger partial charge in [-0.3, -0.25) is 18.2 Å². The molecular formula is C44H30N4O12S4. The van der Waals surface area contributed by atoms with Crippen LogP contribution in [0.1, 0.15) is 28.7 Å². The molecule has 5 heterocycles. The summed E-state index contributed by atoms with van der Waals surface area (Å²) in [5.41, 5.74) is 7.29. The lowest BCUT2D eigenvalue weighted by Gasteiger charge is -2.17. The van der Waals surface area contributed by atoms with Crippen LogP contribution in [0, 0.1) is 0 Å². The summed E-state index contributed by atoms with van der Waals surface area (Å²) in [6.07, 6.45) is 12.5. The normalized spacial score (nSPS) is 17.6. The van der Waals surface area contributed by atoms with Crippen LogP contribution in [0.15, 0.2) is 203 Å². The van der Waals surface area contributed by atoms with Gasteiger partial charge in [-0.05, 0) is 107 Å². The number of allylic oxidation sites excluding steroid dienone is 11. The Bertz CT molecular complexity index is 3570. The highest BCUT2D eigenvalue weighted by Crippen LogP contribution is 2.40. The Kier molecular flexibility index (Phi) is 10.3. The lowest BCUT2D eigenvalue weighted by Crippen LogP contribution is -2.14. The second kappa shape index (κ2) is 15.5. The fourth-order valence-corrected chi connectivity index (χ4v) is 9.59. The molecule has 9 rings (SSSR count). The van der Waals surface area contributed by atoms with E-state index in [1.807, 2.05) is 6.08 Å². The van der Waals surface area contributed by atoms with E-state index in [0.717, 1.165) is 0 Å². The molecule has 0 saturated heterocycles. The molecule has 5 aliphatic rings. The first-order valence-corrected chi connectivity index (χ1v) is 24.6. The molecule has 0 spiro atoms. The highest BCUT2D eigenvalue weighted by atomic mass is 32.2. The van der Waals surface area contributed by atoms with Crippen molar-refractivity contribution >= 4 is 79.9 Å². The average Bonchev–Trinajstić information content (AvgIpc) is 4.08. The van der Waals surface area contributed by atoms with E-state index in [0.29, 0.717) is 90.2 Å². The van der Waals surface area contributed by atoms with Crippen LogP contribution in [0.3, 0.4) is 0 Å². The molecule has 0 aromatic heterocycles. The molecule has 16 nitrogen and oxygen atoms in total. The zero-order valence-corrected chi connectivity index (χ0v) is 35.8. The molecule has 5 aliphatic heterocycles. The SMILES string of the molecule is O=S(=O)(O)c1ccc(C2=C3C=CC(=N3)C(c3ccc(S(=O)(=O)O)cc3)=C3C=CC(=N3)C(c3ccc(S(=O)(=O)O)cc3)=C3C=CC(=N3)C(c3ccc(S(=O)(=O)O)cc3)=C3CC=C2N3)cc1. The number of hydrogen-bond donors (Lipinski definition) is 5. The Hall–Kier alpha value is -6.75. The minimum absolute atomic E-state index is 0.269. The van der Waals surface area contributed by atoms with Gasteiger partial charge < -0.3 is 5.32 Å². The topological polar surface area (TPSA) is 267 Å². The van der Waals surface area contributed by atoms with Crippen LogP contribution in [0.2, 0.25) is 0 Å². The van der Waals surface area contributed by atoms with Gasteiger partial charge in [-0.1, -0.05) is 54.6 Å². The van der Waals surface area contributed by atoms with Gasteiger partial charge in [-0.2, -0.15) is 33.7 Å². The van der Waals surface area contributed by atoms with Crippen LogP contribution in [0.4, 0.5) is 0 Å². The molecule has 0 unspecified atom stereocenters. The summed E-state index contributed by atoms with van der Waals surface area (Å²) in [7, 11) is -18.2. The molecule has 0 saturated carbocycles. The second-order valence-corrected chi connectivity index (χ2v) is 20.3. The lowest BCUT2D eigenvalue weighted by atomic mass is 9.98. The predicted molar refractivity (Wildman–Crippen MR) is 238 cm³/mol. The highest BCUT2D eigenvalue weighted by molar-refractivity contribution is 7.86. The van der Waals surface area contributed by atoms with Crippen LogP contribution in [0.5, 0.6) is 0 Å². The maximum atomic E-state index is 12.0. The number of hydrogen-bond acceptors (Lipinski definition) is 12. The minimum atomic E-state index is -4.55.